The van der Waals surface area contributed by atoms with Gasteiger partial charge in [0.25, 0.3) is 5.56 Å². The van der Waals surface area contributed by atoms with Gasteiger partial charge in [-0.2, -0.15) is 16.9 Å². The van der Waals surface area contributed by atoms with Crippen molar-refractivity contribution in [2.75, 3.05) is 19.1 Å². The van der Waals surface area contributed by atoms with Crippen LogP contribution in [0.15, 0.2) is 41.2 Å². The van der Waals surface area contributed by atoms with Crippen LogP contribution < -0.4 is 10.9 Å². The number of esters is 1. The molecular weight excluding hydrogens is 373 g/mol. The van der Waals surface area contributed by atoms with E-state index >= 15 is 0 Å². The van der Waals surface area contributed by atoms with Crippen LogP contribution >= 0.6 is 11.8 Å². The van der Waals surface area contributed by atoms with Crippen molar-refractivity contribution in [2.24, 2.45) is 0 Å². The van der Waals surface area contributed by atoms with Gasteiger partial charge in [-0.15, -0.1) is 0 Å². The number of carbonyl (C=O) groups is 2. The van der Waals surface area contributed by atoms with Gasteiger partial charge in [0.1, 0.15) is 18.4 Å². The summed E-state index contributed by atoms with van der Waals surface area (Å²) < 4.78 is 19.5. The van der Waals surface area contributed by atoms with Crippen LogP contribution in [-0.2, 0) is 20.9 Å². The highest BCUT2D eigenvalue weighted by Gasteiger charge is 2.21. The van der Waals surface area contributed by atoms with E-state index in [0.717, 1.165) is 4.68 Å². The summed E-state index contributed by atoms with van der Waals surface area (Å²) in [5.41, 5.74) is -0.0598. The summed E-state index contributed by atoms with van der Waals surface area (Å²) in [5.74, 6) is -0.951. The molecular formula is C18H20FN3O4S. The van der Waals surface area contributed by atoms with Crippen molar-refractivity contribution in [3.8, 4) is 11.3 Å². The minimum atomic E-state index is -0.805. The van der Waals surface area contributed by atoms with Gasteiger partial charge in [-0.25, -0.2) is 13.9 Å². The number of amides is 1. The molecule has 1 atom stereocenters. The summed E-state index contributed by atoms with van der Waals surface area (Å²) in [6.07, 6.45) is 2.28. The van der Waals surface area contributed by atoms with Crippen LogP contribution in [0.4, 0.5) is 4.39 Å². The SMILES string of the molecule is COC(=O)[C@@H](CCSC)NC(=O)Cn1nc(-c2ccccc2F)ccc1=O. The van der Waals surface area contributed by atoms with Crippen molar-refractivity contribution >= 4 is 23.6 Å². The zero-order valence-electron chi connectivity index (χ0n) is 15.0. The number of halogens is 1. The number of methoxy groups -OCH3 is 1. The van der Waals surface area contributed by atoms with Crippen molar-refractivity contribution in [1.82, 2.24) is 15.1 Å². The van der Waals surface area contributed by atoms with Gasteiger partial charge >= 0.3 is 5.97 Å². The molecule has 0 unspecified atom stereocenters. The van der Waals surface area contributed by atoms with E-state index in [1.807, 2.05) is 6.26 Å². The smallest absolute Gasteiger partial charge is 0.328 e. The Labute approximate surface area is 159 Å². The quantitative estimate of drug-likeness (QED) is 0.683. The number of ether oxygens (including phenoxy) is 1. The van der Waals surface area contributed by atoms with Gasteiger partial charge in [-0.05, 0) is 36.6 Å². The van der Waals surface area contributed by atoms with Gasteiger partial charge in [-0.3, -0.25) is 9.59 Å². The molecule has 0 fully saturated rings. The number of nitrogens with one attached hydrogen (secondary N) is 1. The van der Waals surface area contributed by atoms with Gasteiger partial charge in [-0.1, -0.05) is 12.1 Å². The number of benzene rings is 1. The first-order valence-electron chi connectivity index (χ1n) is 8.15. The summed E-state index contributed by atoms with van der Waals surface area (Å²) in [5, 5.41) is 6.61. The maximum Gasteiger partial charge on any atom is 0.328 e. The summed E-state index contributed by atoms with van der Waals surface area (Å²) in [7, 11) is 1.24. The number of thioether (sulfide) groups is 1. The lowest BCUT2D eigenvalue weighted by Crippen LogP contribution is -2.44. The average Bonchev–Trinajstić information content (AvgIpc) is 2.66. The van der Waals surface area contributed by atoms with Crippen LogP contribution in [0.3, 0.4) is 0 Å². The molecule has 1 N–H and O–H groups in total. The number of hydrogen-bond acceptors (Lipinski definition) is 6. The molecule has 0 aliphatic heterocycles. The molecule has 0 spiro atoms. The second-order valence-electron chi connectivity index (χ2n) is 5.62. The Balaban J connectivity index is 2.17. The lowest BCUT2D eigenvalue weighted by Gasteiger charge is -2.16. The number of hydrogen-bond donors (Lipinski definition) is 1. The molecule has 0 saturated heterocycles. The predicted molar refractivity (Wildman–Crippen MR) is 101 cm³/mol. The van der Waals surface area contributed by atoms with Crippen molar-refractivity contribution in [1.29, 1.82) is 0 Å². The van der Waals surface area contributed by atoms with Gasteiger partial charge < -0.3 is 10.1 Å². The Hall–Kier alpha value is -2.68. The Morgan fingerprint density at radius 2 is 2.04 bits per heavy atom. The van der Waals surface area contributed by atoms with Crippen molar-refractivity contribution in [3.63, 3.8) is 0 Å². The monoisotopic (exact) mass is 393 g/mol. The minimum absolute atomic E-state index is 0.221. The molecule has 0 saturated carbocycles. The van der Waals surface area contributed by atoms with Gasteiger partial charge in [0, 0.05) is 11.6 Å². The van der Waals surface area contributed by atoms with Crippen molar-refractivity contribution in [2.45, 2.75) is 19.0 Å². The molecule has 27 heavy (non-hydrogen) atoms. The molecule has 1 aromatic heterocycles. The molecule has 7 nitrogen and oxygen atoms in total. The third kappa shape index (κ3) is 5.65. The fourth-order valence-electron chi connectivity index (χ4n) is 2.38. The zero-order valence-corrected chi connectivity index (χ0v) is 15.8. The Morgan fingerprint density at radius 3 is 2.70 bits per heavy atom. The van der Waals surface area contributed by atoms with E-state index in [2.05, 4.69) is 15.2 Å². The summed E-state index contributed by atoms with van der Waals surface area (Å²) >= 11 is 1.53. The van der Waals surface area contributed by atoms with Gasteiger partial charge in [0.05, 0.1) is 12.8 Å². The van der Waals surface area contributed by atoms with E-state index in [0.29, 0.717) is 12.2 Å². The van der Waals surface area contributed by atoms with Crippen LogP contribution in [0.2, 0.25) is 0 Å². The van der Waals surface area contributed by atoms with E-state index < -0.39 is 35.8 Å². The van der Waals surface area contributed by atoms with Crippen LogP contribution in [0.5, 0.6) is 0 Å². The van der Waals surface area contributed by atoms with Gasteiger partial charge in [0.15, 0.2) is 0 Å². The van der Waals surface area contributed by atoms with Crippen LogP contribution in [0, 0.1) is 5.82 Å². The highest BCUT2D eigenvalue weighted by Crippen LogP contribution is 2.18. The molecule has 0 aliphatic rings. The average molecular weight is 393 g/mol. The van der Waals surface area contributed by atoms with Crippen LogP contribution in [0.1, 0.15) is 6.42 Å². The van der Waals surface area contributed by atoms with E-state index in [1.54, 1.807) is 12.1 Å². The number of nitrogens with zero attached hydrogens (tertiary/aromatic N) is 2. The van der Waals surface area contributed by atoms with E-state index in [9.17, 15) is 18.8 Å². The van der Waals surface area contributed by atoms with E-state index in [-0.39, 0.29) is 11.3 Å². The van der Waals surface area contributed by atoms with E-state index in [1.165, 1.54) is 43.1 Å². The normalized spacial score (nSPS) is 11.7. The summed E-state index contributed by atoms with van der Waals surface area (Å²) in [6, 6.07) is 7.81. The lowest BCUT2D eigenvalue weighted by molar-refractivity contribution is -0.145. The number of aromatic nitrogens is 2. The number of carbonyl (C=O) groups excluding carboxylic acids is 2. The van der Waals surface area contributed by atoms with Crippen molar-refractivity contribution in [3.05, 3.63) is 52.6 Å². The number of rotatable bonds is 8. The maximum absolute atomic E-state index is 13.9. The second-order valence-corrected chi connectivity index (χ2v) is 6.60. The summed E-state index contributed by atoms with van der Waals surface area (Å²) in [6.45, 7) is -0.395. The first kappa shape index (κ1) is 20.6. The highest BCUT2D eigenvalue weighted by molar-refractivity contribution is 7.98. The first-order valence-corrected chi connectivity index (χ1v) is 9.55. The first-order chi connectivity index (χ1) is 13.0. The van der Waals surface area contributed by atoms with Gasteiger partial charge in [0.2, 0.25) is 5.91 Å². The minimum Gasteiger partial charge on any atom is -0.467 e. The molecule has 2 rings (SSSR count). The third-order valence-corrected chi connectivity index (χ3v) is 4.39. The fourth-order valence-corrected chi connectivity index (χ4v) is 2.85. The van der Waals surface area contributed by atoms with Crippen LogP contribution in [0.25, 0.3) is 11.3 Å². The third-order valence-electron chi connectivity index (χ3n) is 3.74. The van der Waals surface area contributed by atoms with E-state index in [4.69, 9.17) is 0 Å². The molecule has 1 amide bonds. The molecule has 0 aliphatic carbocycles. The fraction of sp³-hybridized carbons (Fsp3) is 0.333. The maximum atomic E-state index is 13.9. The molecule has 9 heteroatoms. The molecule has 0 radical (unpaired) electrons. The standard InChI is InChI=1S/C18H20FN3O4S/c1-26-18(25)15(9-10-27-2)20-16(23)11-22-17(24)8-7-14(21-22)12-5-3-4-6-13(12)19/h3-8,15H,9-11H2,1-2H3,(H,20,23)/t15-/m1/s1. The molecule has 1 aromatic carbocycles. The lowest BCUT2D eigenvalue weighted by atomic mass is 10.1. The Morgan fingerprint density at radius 1 is 1.30 bits per heavy atom. The highest BCUT2D eigenvalue weighted by atomic mass is 32.2. The largest absolute Gasteiger partial charge is 0.467 e. The van der Waals surface area contributed by atoms with Crippen molar-refractivity contribution < 1.29 is 18.7 Å². The molecule has 144 valence electrons. The zero-order chi connectivity index (χ0) is 19.8. The molecule has 2 aromatic rings. The van der Waals surface area contributed by atoms with Crippen LogP contribution in [-0.4, -0.2) is 46.8 Å². The molecule has 1 heterocycles. The summed E-state index contributed by atoms with van der Waals surface area (Å²) in [4.78, 5) is 36.1. The molecule has 0 bridgehead atoms. The Kier molecular flexibility index (Phi) is 7.54. The Bertz CT molecular complexity index is 872. The second kappa shape index (κ2) is 9.86. The predicted octanol–water partition coefficient (Wildman–Crippen LogP) is 1.46. The topological polar surface area (TPSA) is 90.3 Å².